The molecule has 1 amide bonds. The second-order valence-electron chi connectivity index (χ2n) is 5.65. The molecule has 1 aliphatic rings. The molecule has 1 fully saturated rings. The number of Topliss-reactive ketones (excluding diaryl/α,β-unsaturated/α-hetero) is 2. The van der Waals surface area contributed by atoms with Crippen LogP contribution in [-0.4, -0.2) is 41.3 Å². The fraction of sp³-hybridized carbons (Fsp3) is 0.800. The minimum Gasteiger partial charge on any atom is -0.362 e. The van der Waals surface area contributed by atoms with Gasteiger partial charge < -0.3 is 10.1 Å². The number of methoxy groups -OCH3 is 1. The molecule has 0 aromatic heterocycles. The van der Waals surface area contributed by atoms with E-state index >= 15 is 0 Å². The molecule has 0 saturated heterocycles. The molecule has 1 rings (SSSR count). The zero-order valence-electron chi connectivity index (χ0n) is 13.3. The van der Waals surface area contributed by atoms with E-state index < -0.39 is 11.8 Å². The molecule has 4 atom stereocenters. The Morgan fingerprint density at radius 2 is 2.00 bits per heavy atom. The largest absolute Gasteiger partial charge is 0.362 e. The molecule has 0 heterocycles. The molecule has 1 N–H and O–H groups in total. The summed E-state index contributed by atoms with van der Waals surface area (Å²) in [5, 5.41) is 2.70. The number of hydrogen-bond acceptors (Lipinski definition) is 5. The third-order valence-corrected chi connectivity index (χ3v) is 4.94. The summed E-state index contributed by atoms with van der Waals surface area (Å²) in [5.74, 6) is -1.98. The predicted molar refractivity (Wildman–Crippen MR) is 83.0 cm³/mol. The molecule has 5 nitrogen and oxygen atoms in total. The average Bonchev–Trinajstić information content (AvgIpc) is 2.69. The third-order valence-electron chi connectivity index (χ3n) is 3.67. The summed E-state index contributed by atoms with van der Waals surface area (Å²) in [6.07, 6.45) is 0.492. The van der Waals surface area contributed by atoms with E-state index in [2.05, 4.69) is 5.32 Å². The average molecular weight is 315 g/mol. The molecule has 0 aromatic carbocycles. The van der Waals surface area contributed by atoms with E-state index in [-0.39, 0.29) is 40.6 Å². The van der Waals surface area contributed by atoms with Gasteiger partial charge in [-0.2, -0.15) is 0 Å². The van der Waals surface area contributed by atoms with Crippen molar-refractivity contribution >= 4 is 29.2 Å². The highest BCUT2D eigenvalue weighted by Gasteiger charge is 2.46. The van der Waals surface area contributed by atoms with Crippen molar-refractivity contribution in [2.45, 2.75) is 57.3 Å². The summed E-state index contributed by atoms with van der Waals surface area (Å²) in [6.45, 7) is 7.52. The summed E-state index contributed by atoms with van der Waals surface area (Å²) in [7, 11) is 1.51. The summed E-state index contributed by atoms with van der Waals surface area (Å²) in [5.41, 5.74) is 0. The maximum atomic E-state index is 12.4. The molecule has 1 aliphatic carbocycles. The first-order valence-corrected chi connectivity index (χ1v) is 8.31. The monoisotopic (exact) mass is 315 g/mol. The Balaban J connectivity index is 2.73. The van der Waals surface area contributed by atoms with Gasteiger partial charge in [-0.3, -0.25) is 14.4 Å². The molecule has 0 radical (unpaired) electrons. The Labute approximate surface area is 130 Å². The van der Waals surface area contributed by atoms with Crippen molar-refractivity contribution in [1.29, 1.82) is 0 Å². The molecule has 0 aromatic rings. The molecule has 0 spiro atoms. The standard InChI is InChI=1S/C15H25NO4S/c1-6-12(20-5)16-15(19)9(4)13-10(17)7-11(14(13)18)21-8(2)3/h8-9,11-13H,6-7H2,1-5H3,(H,16,19). The number of hydrogen-bond donors (Lipinski definition) is 1. The topological polar surface area (TPSA) is 72.5 Å². The summed E-state index contributed by atoms with van der Waals surface area (Å²) in [6, 6.07) is 0. The lowest BCUT2D eigenvalue weighted by atomic mass is 9.90. The minimum absolute atomic E-state index is 0.105. The maximum absolute atomic E-state index is 12.4. The van der Waals surface area contributed by atoms with Crippen LogP contribution in [0.3, 0.4) is 0 Å². The van der Waals surface area contributed by atoms with Gasteiger partial charge in [0.2, 0.25) is 5.91 Å². The first kappa shape index (κ1) is 18.2. The van der Waals surface area contributed by atoms with E-state index in [1.165, 1.54) is 18.9 Å². The molecule has 21 heavy (non-hydrogen) atoms. The van der Waals surface area contributed by atoms with Gasteiger partial charge in [-0.15, -0.1) is 11.8 Å². The van der Waals surface area contributed by atoms with E-state index in [0.717, 1.165) is 0 Å². The minimum atomic E-state index is -0.810. The van der Waals surface area contributed by atoms with Crippen LogP contribution in [0.1, 0.15) is 40.5 Å². The molecule has 1 saturated carbocycles. The van der Waals surface area contributed by atoms with Crippen molar-refractivity contribution in [2.24, 2.45) is 11.8 Å². The zero-order chi connectivity index (χ0) is 16.2. The van der Waals surface area contributed by atoms with Crippen molar-refractivity contribution in [3.8, 4) is 0 Å². The summed E-state index contributed by atoms with van der Waals surface area (Å²) in [4.78, 5) is 36.6. The first-order valence-electron chi connectivity index (χ1n) is 7.36. The van der Waals surface area contributed by atoms with Crippen LogP contribution in [0.15, 0.2) is 0 Å². The Hall–Kier alpha value is -0.880. The number of ketones is 2. The van der Waals surface area contributed by atoms with E-state index in [1.807, 2.05) is 20.8 Å². The fourth-order valence-corrected chi connectivity index (χ4v) is 3.71. The second-order valence-corrected chi connectivity index (χ2v) is 7.44. The van der Waals surface area contributed by atoms with Gasteiger partial charge in [0.05, 0.1) is 17.1 Å². The van der Waals surface area contributed by atoms with Crippen LogP contribution >= 0.6 is 11.8 Å². The van der Waals surface area contributed by atoms with Gasteiger partial charge >= 0.3 is 0 Å². The van der Waals surface area contributed by atoms with Crippen molar-refractivity contribution in [1.82, 2.24) is 5.32 Å². The Kier molecular flexibility index (Phi) is 6.87. The smallest absolute Gasteiger partial charge is 0.225 e. The van der Waals surface area contributed by atoms with Gasteiger partial charge in [0, 0.05) is 13.5 Å². The van der Waals surface area contributed by atoms with Crippen LogP contribution in [0.5, 0.6) is 0 Å². The second kappa shape index (κ2) is 7.94. The third kappa shape index (κ3) is 4.54. The Morgan fingerprint density at radius 3 is 2.48 bits per heavy atom. The number of thioether (sulfide) groups is 1. The molecular formula is C15H25NO4S. The van der Waals surface area contributed by atoms with Crippen molar-refractivity contribution < 1.29 is 19.1 Å². The Bertz CT molecular complexity index is 406. The number of carbonyl (C=O) groups excluding carboxylic acids is 3. The number of rotatable bonds is 7. The van der Waals surface area contributed by atoms with Crippen molar-refractivity contribution in [3.63, 3.8) is 0 Å². The first-order chi connectivity index (χ1) is 9.81. The van der Waals surface area contributed by atoms with Crippen LogP contribution < -0.4 is 5.32 Å². The maximum Gasteiger partial charge on any atom is 0.225 e. The summed E-state index contributed by atoms with van der Waals surface area (Å²) >= 11 is 1.50. The van der Waals surface area contributed by atoms with E-state index in [1.54, 1.807) is 6.92 Å². The number of ether oxygens (including phenoxy) is 1. The highest BCUT2D eigenvalue weighted by molar-refractivity contribution is 8.01. The van der Waals surface area contributed by atoms with Gasteiger partial charge in [-0.05, 0) is 11.7 Å². The van der Waals surface area contributed by atoms with Crippen LogP contribution in [0.25, 0.3) is 0 Å². The van der Waals surface area contributed by atoms with Crippen molar-refractivity contribution in [2.75, 3.05) is 7.11 Å². The van der Waals surface area contributed by atoms with E-state index in [0.29, 0.717) is 6.42 Å². The van der Waals surface area contributed by atoms with Gasteiger partial charge in [-0.1, -0.05) is 27.7 Å². The van der Waals surface area contributed by atoms with Gasteiger partial charge in [-0.25, -0.2) is 0 Å². The lowest BCUT2D eigenvalue weighted by molar-refractivity contribution is -0.138. The van der Waals surface area contributed by atoms with Crippen LogP contribution in [0.4, 0.5) is 0 Å². The highest BCUT2D eigenvalue weighted by atomic mass is 32.2. The molecule has 120 valence electrons. The normalized spacial score (nSPS) is 25.2. The van der Waals surface area contributed by atoms with Gasteiger partial charge in [0.25, 0.3) is 0 Å². The van der Waals surface area contributed by atoms with Crippen LogP contribution in [0.2, 0.25) is 0 Å². The fourth-order valence-electron chi connectivity index (χ4n) is 2.51. The Morgan fingerprint density at radius 1 is 1.38 bits per heavy atom. The quantitative estimate of drug-likeness (QED) is 0.573. The van der Waals surface area contributed by atoms with Crippen molar-refractivity contribution in [3.05, 3.63) is 0 Å². The van der Waals surface area contributed by atoms with Crippen LogP contribution in [0, 0.1) is 11.8 Å². The predicted octanol–water partition coefficient (Wildman–Crippen LogP) is 1.79. The molecule has 4 unspecified atom stereocenters. The highest BCUT2D eigenvalue weighted by Crippen LogP contribution is 2.34. The van der Waals surface area contributed by atoms with E-state index in [9.17, 15) is 14.4 Å². The van der Waals surface area contributed by atoms with Gasteiger partial charge in [0.15, 0.2) is 5.78 Å². The zero-order valence-corrected chi connectivity index (χ0v) is 14.2. The lowest BCUT2D eigenvalue weighted by Gasteiger charge is -2.21. The number of amides is 1. The lowest BCUT2D eigenvalue weighted by Crippen LogP contribution is -2.43. The molecule has 6 heteroatoms. The summed E-state index contributed by atoms with van der Waals surface area (Å²) < 4.78 is 5.10. The number of carbonyl (C=O) groups is 3. The van der Waals surface area contributed by atoms with Crippen LogP contribution in [-0.2, 0) is 19.1 Å². The number of nitrogens with one attached hydrogen (secondary N) is 1. The molecule has 0 bridgehead atoms. The molecular weight excluding hydrogens is 290 g/mol. The van der Waals surface area contributed by atoms with E-state index in [4.69, 9.17) is 4.74 Å². The van der Waals surface area contributed by atoms with Gasteiger partial charge in [0.1, 0.15) is 12.0 Å². The molecule has 0 aliphatic heterocycles. The SMILES string of the molecule is CCC(NC(=O)C(C)C1C(=O)CC(SC(C)C)C1=O)OC.